The van der Waals surface area contributed by atoms with Crippen LogP contribution >= 0.6 is 11.6 Å². The molecule has 2 N–H and O–H groups in total. The Labute approximate surface area is 209 Å². The molecule has 5 fully saturated rings. The second-order valence-corrected chi connectivity index (χ2v) is 11.0. The predicted molar refractivity (Wildman–Crippen MR) is 135 cm³/mol. The fourth-order valence-electron chi connectivity index (χ4n) is 6.32. The molecule has 2 aromatic heterocycles. The third-order valence-electron chi connectivity index (χ3n) is 8.46. The molecule has 35 heavy (non-hydrogen) atoms. The minimum atomic E-state index is -0.383. The van der Waals surface area contributed by atoms with Crippen molar-refractivity contribution in [2.24, 2.45) is 5.92 Å². The molecule has 3 aliphatic carbocycles. The average Bonchev–Trinajstić information content (AvgIpc) is 3.38. The Balaban J connectivity index is 1.10. The third-order valence-corrected chi connectivity index (χ3v) is 8.82. The Bertz CT molecular complexity index is 1270. The molecule has 9 nitrogen and oxygen atoms in total. The van der Waals surface area contributed by atoms with Crippen molar-refractivity contribution in [1.82, 2.24) is 24.6 Å². The van der Waals surface area contributed by atoms with Gasteiger partial charge in [0.1, 0.15) is 0 Å². The molecule has 8 rings (SSSR count). The van der Waals surface area contributed by atoms with Crippen LogP contribution in [0, 0.1) is 12.8 Å². The van der Waals surface area contributed by atoms with Gasteiger partial charge in [0.05, 0.1) is 48.3 Å². The molecular weight excluding hydrogens is 466 g/mol. The van der Waals surface area contributed by atoms with E-state index in [0.29, 0.717) is 24.3 Å². The van der Waals surface area contributed by atoms with Crippen LogP contribution in [0.15, 0.2) is 24.5 Å². The highest BCUT2D eigenvalue weighted by molar-refractivity contribution is 6.32. The number of rotatable bonds is 5. The standard InChI is InChI=1S/C25H30ClN7O2/c1-15-6-17-11-27-24(30-19-12-28-33(23(19)26)25-8-16(9-25)10-25)29-18(17)7-20(15)31-2-4-32(5-3-31)21-13-35-14-22(21)34/h6-7,11-12,16,21-22,34H,2-5,8-10,13-14H2,1H3,(H,27,29,30)/t16?,21-,22+,25?/m0/s1. The van der Waals surface area contributed by atoms with Crippen LogP contribution in [0.3, 0.4) is 0 Å². The number of aliphatic hydroxyl groups excluding tert-OH is 1. The Morgan fingerprint density at radius 2 is 1.91 bits per heavy atom. The number of piperazine rings is 1. The van der Waals surface area contributed by atoms with Gasteiger partial charge in [-0.25, -0.2) is 14.6 Å². The maximum Gasteiger partial charge on any atom is 0.227 e. The first-order valence-corrected chi connectivity index (χ1v) is 12.9. The molecule has 2 aliphatic heterocycles. The van der Waals surface area contributed by atoms with Crippen molar-refractivity contribution in [3.8, 4) is 0 Å². The molecule has 184 valence electrons. The van der Waals surface area contributed by atoms with Gasteiger partial charge in [-0.05, 0) is 49.8 Å². The van der Waals surface area contributed by atoms with E-state index in [2.05, 4.69) is 44.3 Å². The summed E-state index contributed by atoms with van der Waals surface area (Å²) in [7, 11) is 0. The molecule has 0 unspecified atom stereocenters. The number of aliphatic hydroxyl groups is 1. The number of hydrogen-bond acceptors (Lipinski definition) is 8. The predicted octanol–water partition coefficient (Wildman–Crippen LogP) is 2.92. The van der Waals surface area contributed by atoms with Gasteiger partial charge in [0.25, 0.3) is 0 Å². The maximum atomic E-state index is 10.2. The average molecular weight is 496 g/mol. The zero-order chi connectivity index (χ0) is 23.7. The summed E-state index contributed by atoms with van der Waals surface area (Å²) >= 11 is 6.68. The van der Waals surface area contributed by atoms with Gasteiger partial charge in [-0.15, -0.1) is 0 Å². The van der Waals surface area contributed by atoms with E-state index in [1.54, 1.807) is 6.20 Å². The van der Waals surface area contributed by atoms with Crippen LogP contribution in [-0.2, 0) is 10.3 Å². The van der Waals surface area contributed by atoms with Crippen molar-refractivity contribution in [1.29, 1.82) is 0 Å². The number of benzene rings is 1. The number of fused-ring (bicyclic) bond motifs is 1. The van der Waals surface area contributed by atoms with E-state index >= 15 is 0 Å². The molecule has 0 radical (unpaired) electrons. The van der Waals surface area contributed by atoms with Crippen LogP contribution in [-0.4, -0.2) is 81.3 Å². The van der Waals surface area contributed by atoms with Gasteiger partial charge >= 0.3 is 0 Å². The van der Waals surface area contributed by atoms with E-state index in [-0.39, 0.29) is 17.7 Å². The van der Waals surface area contributed by atoms with Crippen LogP contribution in [0.5, 0.6) is 0 Å². The summed E-state index contributed by atoms with van der Waals surface area (Å²) in [5, 5.41) is 19.7. The molecule has 2 saturated heterocycles. The van der Waals surface area contributed by atoms with Gasteiger partial charge < -0.3 is 20.1 Å². The smallest absolute Gasteiger partial charge is 0.227 e. The molecular formula is C25H30ClN7O2. The summed E-state index contributed by atoms with van der Waals surface area (Å²) in [5.74, 6) is 1.38. The number of nitrogens with one attached hydrogen (secondary N) is 1. The monoisotopic (exact) mass is 495 g/mol. The Hall–Kier alpha value is -2.46. The second-order valence-electron chi connectivity index (χ2n) is 10.7. The first-order chi connectivity index (χ1) is 17.0. The van der Waals surface area contributed by atoms with E-state index < -0.39 is 0 Å². The van der Waals surface area contributed by atoms with Gasteiger partial charge in [-0.2, -0.15) is 5.10 Å². The lowest BCUT2D eigenvalue weighted by Crippen LogP contribution is -2.59. The molecule has 2 atom stereocenters. The number of aromatic nitrogens is 4. The van der Waals surface area contributed by atoms with E-state index in [9.17, 15) is 5.11 Å². The highest BCUT2D eigenvalue weighted by Gasteiger charge is 2.59. The zero-order valence-electron chi connectivity index (χ0n) is 19.8. The van der Waals surface area contributed by atoms with Crippen molar-refractivity contribution < 1.29 is 9.84 Å². The van der Waals surface area contributed by atoms with Gasteiger partial charge in [-0.3, -0.25) is 4.90 Å². The lowest BCUT2D eigenvalue weighted by molar-refractivity contribution is -0.0975. The molecule has 10 heteroatoms. The van der Waals surface area contributed by atoms with Crippen molar-refractivity contribution in [3.63, 3.8) is 0 Å². The number of halogens is 1. The summed E-state index contributed by atoms with van der Waals surface area (Å²) in [4.78, 5) is 14.1. The summed E-state index contributed by atoms with van der Waals surface area (Å²) in [6.07, 6.45) is 6.82. The number of anilines is 3. The minimum absolute atomic E-state index is 0.113. The molecule has 0 amide bonds. The van der Waals surface area contributed by atoms with E-state index in [4.69, 9.17) is 21.3 Å². The number of aryl methyl sites for hydroxylation is 1. The van der Waals surface area contributed by atoms with Crippen LogP contribution < -0.4 is 10.2 Å². The van der Waals surface area contributed by atoms with E-state index in [1.165, 1.54) is 30.5 Å². The fraction of sp³-hybridized carbons (Fsp3) is 0.560. The van der Waals surface area contributed by atoms with Gasteiger partial charge in [0.15, 0.2) is 5.15 Å². The van der Waals surface area contributed by atoms with Crippen LogP contribution in [0.25, 0.3) is 10.9 Å². The fourth-order valence-corrected chi connectivity index (χ4v) is 6.64. The normalized spacial score (nSPS) is 30.4. The summed E-state index contributed by atoms with van der Waals surface area (Å²) in [6.45, 7) is 6.83. The van der Waals surface area contributed by atoms with Gasteiger partial charge in [0, 0.05) is 43.4 Å². The maximum absolute atomic E-state index is 10.2. The molecule has 0 spiro atoms. The van der Waals surface area contributed by atoms with Gasteiger partial charge in [-0.1, -0.05) is 11.6 Å². The first-order valence-electron chi connectivity index (χ1n) is 12.5. The number of hydrogen-bond donors (Lipinski definition) is 2. The van der Waals surface area contributed by atoms with Crippen molar-refractivity contribution in [3.05, 3.63) is 35.2 Å². The topological polar surface area (TPSA) is 91.6 Å². The van der Waals surface area contributed by atoms with Crippen molar-refractivity contribution in [2.45, 2.75) is 43.9 Å². The molecule has 3 aromatic rings. The Kier molecular flexibility index (Phi) is 5.00. The highest BCUT2D eigenvalue weighted by atomic mass is 35.5. The molecule has 4 heterocycles. The Morgan fingerprint density at radius 3 is 2.60 bits per heavy atom. The number of nitrogens with zero attached hydrogens (tertiary/aromatic N) is 6. The largest absolute Gasteiger partial charge is 0.389 e. The molecule has 2 bridgehead atoms. The SMILES string of the molecule is Cc1cc2cnc(Nc3cnn(C45CC(C4)C5)c3Cl)nc2cc1N1CCN([C@H]2COC[C@H]2O)CC1. The van der Waals surface area contributed by atoms with Crippen LogP contribution in [0.4, 0.5) is 17.3 Å². The minimum Gasteiger partial charge on any atom is -0.389 e. The third kappa shape index (κ3) is 3.51. The lowest BCUT2D eigenvalue weighted by Gasteiger charge is -2.61. The van der Waals surface area contributed by atoms with Crippen LogP contribution in [0.2, 0.25) is 5.15 Å². The van der Waals surface area contributed by atoms with E-state index in [1.807, 2.05) is 10.9 Å². The van der Waals surface area contributed by atoms with E-state index in [0.717, 1.165) is 48.7 Å². The van der Waals surface area contributed by atoms with Crippen LogP contribution in [0.1, 0.15) is 24.8 Å². The summed E-state index contributed by atoms with van der Waals surface area (Å²) < 4.78 is 7.43. The zero-order valence-corrected chi connectivity index (χ0v) is 20.6. The molecule has 1 aromatic carbocycles. The highest BCUT2D eigenvalue weighted by Crippen LogP contribution is 2.63. The number of ether oxygens (including phenoxy) is 1. The first kappa shape index (κ1) is 21.8. The second kappa shape index (κ2) is 8.03. The molecule has 5 aliphatic rings. The quantitative estimate of drug-likeness (QED) is 0.558. The summed E-state index contributed by atoms with van der Waals surface area (Å²) in [6, 6.07) is 4.43. The molecule has 3 saturated carbocycles. The van der Waals surface area contributed by atoms with Crippen molar-refractivity contribution >= 4 is 39.8 Å². The summed E-state index contributed by atoms with van der Waals surface area (Å²) in [5.41, 5.74) is 4.19. The van der Waals surface area contributed by atoms with Crippen molar-refractivity contribution in [2.75, 3.05) is 49.6 Å². The Morgan fingerprint density at radius 1 is 1.11 bits per heavy atom. The van der Waals surface area contributed by atoms with Gasteiger partial charge in [0.2, 0.25) is 5.95 Å². The lowest BCUT2D eigenvalue weighted by atomic mass is 9.50.